The number of hydrogen-bond donors (Lipinski definition) is 0. The first kappa shape index (κ1) is 18.9. The number of ether oxygens (including phenoxy) is 1. The average Bonchev–Trinajstić information content (AvgIpc) is 2.64. The molecule has 1 saturated heterocycles. The van der Waals surface area contributed by atoms with Gasteiger partial charge in [-0.3, -0.25) is 4.90 Å². The Bertz CT molecular complexity index is 741. The molecule has 3 rings (SSSR count). The number of nitrogens with zero attached hydrogens (tertiary/aromatic N) is 3. The lowest BCUT2D eigenvalue weighted by Crippen LogP contribution is -2.46. The summed E-state index contributed by atoms with van der Waals surface area (Å²) in [5.41, 5.74) is 1.85. The predicted octanol–water partition coefficient (Wildman–Crippen LogP) is 3.73. The van der Waals surface area contributed by atoms with E-state index < -0.39 is 0 Å². The van der Waals surface area contributed by atoms with Crippen molar-refractivity contribution in [3.63, 3.8) is 0 Å². The van der Waals surface area contributed by atoms with Gasteiger partial charge >= 0.3 is 5.97 Å². The molecule has 0 atom stereocenters. The molecule has 6 heteroatoms. The highest BCUT2D eigenvalue weighted by Crippen LogP contribution is 2.21. The second-order valence-corrected chi connectivity index (χ2v) is 7.63. The second-order valence-electron chi connectivity index (χ2n) is 6.72. The summed E-state index contributed by atoms with van der Waals surface area (Å²) in [4.78, 5) is 21.4. The second kappa shape index (κ2) is 8.64. The molecule has 0 radical (unpaired) electrons. The lowest BCUT2D eigenvalue weighted by Gasteiger charge is -2.36. The topological polar surface area (TPSA) is 45.7 Å². The van der Waals surface area contributed by atoms with Gasteiger partial charge in [0.2, 0.25) is 0 Å². The molecule has 1 fully saturated rings. The zero-order chi connectivity index (χ0) is 18.5. The lowest BCUT2D eigenvalue weighted by atomic mass is 10.2. The molecule has 0 unspecified atom stereocenters. The minimum absolute atomic E-state index is 0.140. The Hall–Kier alpha value is -1.92. The number of pyridine rings is 1. The number of carbonyl (C=O) groups excluding carboxylic acids is 1. The molecule has 5 nitrogen and oxygen atoms in total. The Morgan fingerprint density at radius 2 is 1.85 bits per heavy atom. The number of anilines is 1. The average molecular weight is 418 g/mol. The Morgan fingerprint density at radius 3 is 2.50 bits per heavy atom. The van der Waals surface area contributed by atoms with Crippen molar-refractivity contribution < 1.29 is 9.53 Å². The van der Waals surface area contributed by atoms with Crippen LogP contribution >= 0.6 is 15.9 Å². The molecular weight excluding hydrogens is 394 g/mol. The zero-order valence-corrected chi connectivity index (χ0v) is 16.8. The van der Waals surface area contributed by atoms with Crippen molar-refractivity contribution in [2.75, 3.05) is 31.1 Å². The minimum Gasteiger partial charge on any atom is -0.459 e. The molecule has 1 aromatic carbocycles. The van der Waals surface area contributed by atoms with E-state index in [0.29, 0.717) is 5.56 Å². The van der Waals surface area contributed by atoms with Crippen LogP contribution in [0.1, 0.15) is 29.8 Å². The van der Waals surface area contributed by atoms with Crippen LogP contribution in [0.2, 0.25) is 0 Å². The van der Waals surface area contributed by atoms with E-state index in [1.54, 1.807) is 18.3 Å². The number of benzene rings is 1. The number of rotatable bonds is 5. The van der Waals surface area contributed by atoms with Crippen LogP contribution in [-0.2, 0) is 11.3 Å². The van der Waals surface area contributed by atoms with Crippen LogP contribution in [0.4, 0.5) is 5.82 Å². The number of piperazine rings is 1. The fraction of sp³-hybridized carbons (Fsp3) is 0.400. The fourth-order valence-electron chi connectivity index (χ4n) is 3.05. The van der Waals surface area contributed by atoms with Crippen molar-refractivity contribution in [1.29, 1.82) is 0 Å². The van der Waals surface area contributed by atoms with Crippen molar-refractivity contribution in [3.05, 3.63) is 58.2 Å². The standard InChI is InChI=1S/C20H24BrN3O2/c1-15(2)26-20(25)18-4-3-9-22-19(18)24-12-10-23(11-13-24)14-16-5-7-17(21)8-6-16/h3-9,15H,10-14H2,1-2H3. The van der Waals surface area contributed by atoms with E-state index in [-0.39, 0.29) is 12.1 Å². The van der Waals surface area contributed by atoms with Gasteiger partial charge in [-0.2, -0.15) is 0 Å². The Kier molecular flexibility index (Phi) is 6.27. The molecule has 0 aliphatic carbocycles. The number of hydrogen-bond acceptors (Lipinski definition) is 5. The summed E-state index contributed by atoms with van der Waals surface area (Å²) in [5.74, 6) is 0.418. The van der Waals surface area contributed by atoms with Crippen molar-refractivity contribution in [2.24, 2.45) is 0 Å². The third-order valence-electron chi connectivity index (χ3n) is 4.34. The van der Waals surface area contributed by atoms with Crippen LogP contribution in [0.5, 0.6) is 0 Å². The Balaban J connectivity index is 1.63. The number of esters is 1. The number of aromatic nitrogens is 1. The molecule has 0 amide bonds. The normalized spacial score (nSPS) is 15.3. The Labute approximate surface area is 163 Å². The molecule has 138 valence electrons. The maximum absolute atomic E-state index is 12.3. The first-order valence-electron chi connectivity index (χ1n) is 8.90. The van der Waals surface area contributed by atoms with E-state index >= 15 is 0 Å². The van der Waals surface area contributed by atoms with Crippen LogP contribution in [0.15, 0.2) is 47.1 Å². The van der Waals surface area contributed by atoms with Crippen LogP contribution < -0.4 is 4.90 Å². The molecule has 0 saturated carbocycles. The van der Waals surface area contributed by atoms with Crippen molar-refractivity contribution in [1.82, 2.24) is 9.88 Å². The van der Waals surface area contributed by atoms with Crippen LogP contribution in [0.3, 0.4) is 0 Å². The van der Waals surface area contributed by atoms with E-state index in [4.69, 9.17) is 4.74 Å². The Morgan fingerprint density at radius 1 is 1.15 bits per heavy atom. The summed E-state index contributed by atoms with van der Waals surface area (Å²) in [6.45, 7) is 8.21. The number of halogens is 1. The minimum atomic E-state index is -0.305. The predicted molar refractivity (Wildman–Crippen MR) is 106 cm³/mol. The van der Waals surface area contributed by atoms with E-state index in [9.17, 15) is 4.79 Å². The van der Waals surface area contributed by atoms with Crippen molar-refractivity contribution >= 4 is 27.7 Å². The third kappa shape index (κ3) is 4.83. The summed E-state index contributed by atoms with van der Waals surface area (Å²) >= 11 is 3.47. The van der Waals surface area contributed by atoms with E-state index in [0.717, 1.165) is 43.0 Å². The van der Waals surface area contributed by atoms with Crippen LogP contribution in [0.25, 0.3) is 0 Å². The molecule has 1 aromatic heterocycles. The summed E-state index contributed by atoms with van der Waals surface area (Å²) in [7, 11) is 0. The molecule has 1 aliphatic heterocycles. The largest absolute Gasteiger partial charge is 0.459 e. The molecule has 26 heavy (non-hydrogen) atoms. The summed E-state index contributed by atoms with van der Waals surface area (Å²) in [6, 6.07) is 12.0. The SMILES string of the molecule is CC(C)OC(=O)c1cccnc1N1CCN(Cc2ccc(Br)cc2)CC1. The molecule has 0 bridgehead atoms. The van der Waals surface area contributed by atoms with Gasteiger partial charge in [-0.25, -0.2) is 9.78 Å². The van der Waals surface area contributed by atoms with Gasteiger partial charge in [-0.15, -0.1) is 0 Å². The molecule has 2 aromatic rings. The van der Waals surface area contributed by atoms with E-state index in [1.165, 1.54) is 5.56 Å². The lowest BCUT2D eigenvalue weighted by molar-refractivity contribution is 0.0378. The highest BCUT2D eigenvalue weighted by Gasteiger charge is 2.23. The van der Waals surface area contributed by atoms with Crippen molar-refractivity contribution in [3.8, 4) is 0 Å². The maximum atomic E-state index is 12.3. The first-order chi connectivity index (χ1) is 12.5. The van der Waals surface area contributed by atoms with Crippen molar-refractivity contribution in [2.45, 2.75) is 26.5 Å². The van der Waals surface area contributed by atoms with Gasteiger partial charge in [-0.05, 0) is 43.7 Å². The maximum Gasteiger partial charge on any atom is 0.342 e. The van der Waals surface area contributed by atoms with Crippen LogP contribution in [-0.4, -0.2) is 48.1 Å². The molecule has 0 spiro atoms. The fourth-order valence-corrected chi connectivity index (χ4v) is 3.32. The zero-order valence-electron chi connectivity index (χ0n) is 15.2. The molecular formula is C20H24BrN3O2. The summed E-state index contributed by atoms with van der Waals surface area (Å²) < 4.78 is 6.46. The van der Waals surface area contributed by atoms with E-state index in [2.05, 4.69) is 55.0 Å². The summed E-state index contributed by atoms with van der Waals surface area (Å²) in [5, 5.41) is 0. The highest BCUT2D eigenvalue weighted by atomic mass is 79.9. The number of carbonyl (C=O) groups is 1. The van der Waals surface area contributed by atoms with Crippen LogP contribution in [0, 0.1) is 0 Å². The third-order valence-corrected chi connectivity index (χ3v) is 4.87. The van der Waals surface area contributed by atoms with E-state index in [1.807, 2.05) is 13.8 Å². The first-order valence-corrected chi connectivity index (χ1v) is 9.70. The molecule has 0 N–H and O–H groups in total. The molecule has 1 aliphatic rings. The highest BCUT2D eigenvalue weighted by molar-refractivity contribution is 9.10. The van der Waals surface area contributed by atoms with Gasteiger partial charge in [0.15, 0.2) is 0 Å². The molecule has 2 heterocycles. The van der Waals surface area contributed by atoms with Gasteiger partial charge in [0.1, 0.15) is 11.4 Å². The smallest absolute Gasteiger partial charge is 0.342 e. The van der Waals surface area contributed by atoms with Gasteiger partial charge in [0.05, 0.1) is 6.10 Å². The van der Waals surface area contributed by atoms with Gasteiger partial charge in [-0.1, -0.05) is 28.1 Å². The summed E-state index contributed by atoms with van der Waals surface area (Å²) in [6.07, 6.45) is 1.59. The monoisotopic (exact) mass is 417 g/mol. The quantitative estimate of drug-likeness (QED) is 0.693. The van der Waals surface area contributed by atoms with Gasteiger partial charge in [0.25, 0.3) is 0 Å². The van der Waals surface area contributed by atoms with Gasteiger partial charge < -0.3 is 9.64 Å². The van der Waals surface area contributed by atoms with Gasteiger partial charge in [0, 0.05) is 43.4 Å².